The van der Waals surface area contributed by atoms with Gasteiger partial charge < -0.3 is 19.3 Å². The number of alkyl halides is 3. The third-order valence-electron chi connectivity index (χ3n) is 5.17. The van der Waals surface area contributed by atoms with Crippen molar-refractivity contribution in [3.63, 3.8) is 0 Å². The summed E-state index contributed by atoms with van der Waals surface area (Å²) in [5.41, 5.74) is 3.66. The molecule has 34 heavy (non-hydrogen) atoms. The van der Waals surface area contributed by atoms with Crippen LogP contribution in [0.25, 0.3) is 16.8 Å². The molecule has 0 spiro atoms. The van der Waals surface area contributed by atoms with Gasteiger partial charge in [-0.25, -0.2) is 4.98 Å². The first-order valence-electron chi connectivity index (χ1n) is 10.4. The minimum atomic E-state index is -4.65. The van der Waals surface area contributed by atoms with Crippen molar-refractivity contribution in [2.75, 3.05) is 19.5 Å². The van der Waals surface area contributed by atoms with Gasteiger partial charge in [-0.1, -0.05) is 5.16 Å². The number of fused-ring (bicyclic) bond motifs is 1. The molecule has 0 fully saturated rings. The van der Waals surface area contributed by atoms with Crippen molar-refractivity contribution >= 4 is 11.5 Å². The van der Waals surface area contributed by atoms with Crippen LogP contribution in [0.4, 0.5) is 19.0 Å². The molecule has 1 N–H and O–H groups in total. The van der Waals surface area contributed by atoms with Gasteiger partial charge in [0.2, 0.25) is 5.89 Å². The largest absolute Gasteiger partial charge is 0.497 e. The summed E-state index contributed by atoms with van der Waals surface area (Å²) in [7, 11) is 3.16. The van der Waals surface area contributed by atoms with Gasteiger partial charge in [0.15, 0.2) is 5.65 Å². The highest BCUT2D eigenvalue weighted by Gasteiger charge is 2.37. The fraction of sp³-hybridized carbons (Fsp3) is 0.364. The molecule has 0 radical (unpaired) electrons. The first kappa shape index (κ1) is 23.3. The van der Waals surface area contributed by atoms with Crippen LogP contribution in [-0.4, -0.2) is 45.0 Å². The number of methoxy groups -OCH3 is 2. The van der Waals surface area contributed by atoms with Gasteiger partial charge in [0.25, 0.3) is 5.82 Å². The van der Waals surface area contributed by atoms with Crippen molar-refractivity contribution in [1.82, 2.24) is 24.7 Å². The molecule has 0 aliphatic carbocycles. The van der Waals surface area contributed by atoms with Crippen LogP contribution in [0.3, 0.4) is 0 Å². The smallest absolute Gasteiger partial charge is 0.455 e. The molecule has 1 aromatic carbocycles. The average molecular weight is 476 g/mol. The Morgan fingerprint density at radius 3 is 2.53 bits per heavy atom. The Bertz CT molecular complexity index is 1330. The number of benzene rings is 1. The molecule has 3 aromatic heterocycles. The fourth-order valence-electron chi connectivity index (χ4n) is 3.69. The summed E-state index contributed by atoms with van der Waals surface area (Å²) in [5, 5.41) is 10.9. The van der Waals surface area contributed by atoms with E-state index in [2.05, 4.69) is 25.5 Å². The average Bonchev–Trinajstić information content (AvgIpc) is 3.37. The molecule has 0 aliphatic heterocycles. The van der Waals surface area contributed by atoms with Crippen LogP contribution >= 0.6 is 0 Å². The molecule has 1 atom stereocenters. The Morgan fingerprint density at radius 2 is 1.88 bits per heavy atom. The SMILES string of the molecule is COc1ccc(-c2c(C)nn3c(N[C@@H](C)Cc4nc(C(F)(F)F)no4)cc(C)nc23)c(OC)c1. The second-order valence-corrected chi connectivity index (χ2v) is 7.80. The van der Waals surface area contributed by atoms with Crippen molar-refractivity contribution < 1.29 is 27.2 Å². The number of rotatable bonds is 7. The van der Waals surface area contributed by atoms with E-state index in [-0.39, 0.29) is 18.4 Å². The summed E-state index contributed by atoms with van der Waals surface area (Å²) < 4.78 is 55.5. The van der Waals surface area contributed by atoms with Gasteiger partial charge >= 0.3 is 6.18 Å². The molecule has 4 rings (SSSR count). The number of nitrogens with one attached hydrogen (secondary N) is 1. The summed E-state index contributed by atoms with van der Waals surface area (Å²) >= 11 is 0. The number of aryl methyl sites for hydroxylation is 2. The van der Waals surface area contributed by atoms with E-state index < -0.39 is 12.0 Å². The Hall–Kier alpha value is -3.83. The third kappa shape index (κ3) is 4.47. The fourth-order valence-corrected chi connectivity index (χ4v) is 3.69. The first-order chi connectivity index (χ1) is 16.1. The molecule has 4 aromatic rings. The van der Waals surface area contributed by atoms with Crippen LogP contribution in [0.15, 0.2) is 28.8 Å². The van der Waals surface area contributed by atoms with E-state index in [1.165, 1.54) is 0 Å². The van der Waals surface area contributed by atoms with Crippen molar-refractivity contribution in [2.45, 2.75) is 39.4 Å². The van der Waals surface area contributed by atoms with Gasteiger partial charge in [-0.05, 0) is 32.9 Å². The van der Waals surface area contributed by atoms with Gasteiger partial charge in [-0.2, -0.15) is 27.8 Å². The summed E-state index contributed by atoms with van der Waals surface area (Å²) in [6, 6.07) is 6.97. The number of anilines is 1. The van der Waals surface area contributed by atoms with Gasteiger partial charge in [0.1, 0.15) is 17.3 Å². The predicted molar refractivity (Wildman–Crippen MR) is 117 cm³/mol. The van der Waals surface area contributed by atoms with Crippen LogP contribution in [0, 0.1) is 13.8 Å². The van der Waals surface area contributed by atoms with Crippen LogP contribution < -0.4 is 14.8 Å². The van der Waals surface area contributed by atoms with Gasteiger partial charge in [-0.3, -0.25) is 0 Å². The first-order valence-corrected chi connectivity index (χ1v) is 10.4. The topological polar surface area (TPSA) is 99.6 Å². The lowest BCUT2D eigenvalue weighted by atomic mass is 10.0. The van der Waals surface area contributed by atoms with Crippen molar-refractivity contribution in [3.05, 3.63) is 47.4 Å². The number of aromatic nitrogens is 5. The monoisotopic (exact) mass is 476 g/mol. The number of hydrogen-bond donors (Lipinski definition) is 1. The molecule has 0 saturated carbocycles. The minimum Gasteiger partial charge on any atom is -0.497 e. The maximum atomic E-state index is 12.7. The lowest BCUT2D eigenvalue weighted by Crippen LogP contribution is -2.21. The zero-order chi connectivity index (χ0) is 24.6. The van der Waals surface area contributed by atoms with Crippen molar-refractivity contribution in [2.24, 2.45) is 0 Å². The van der Waals surface area contributed by atoms with E-state index in [1.54, 1.807) is 37.8 Å². The molecule has 0 unspecified atom stereocenters. The maximum Gasteiger partial charge on any atom is 0.455 e. The predicted octanol–water partition coefficient (Wildman–Crippen LogP) is 4.48. The van der Waals surface area contributed by atoms with E-state index in [1.807, 2.05) is 26.0 Å². The quantitative estimate of drug-likeness (QED) is 0.417. The molecule has 0 aliphatic rings. The molecular formula is C22H23F3N6O3. The zero-order valence-electron chi connectivity index (χ0n) is 19.2. The molecule has 180 valence electrons. The molecule has 12 heteroatoms. The van der Waals surface area contributed by atoms with E-state index in [4.69, 9.17) is 14.0 Å². The summed E-state index contributed by atoms with van der Waals surface area (Å²) in [6.45, 7) is 5.51. The van der Waals surface area contributed by atoms with Gasteiger partial charge in [0, 0.05) is 35.9 Å². The lowest BCUT2D eigenvalue weighted by molar-refractivity contribution is -0.146. The van der Waals surface area contributed by atoms with Crippen LogP contribution in [-0.2, 0) is 12.6 Å². The lowest BCUT2D eigenvalue weighted by Gasteiger charge is -2.15. The Balaban J connectivity index is 1.69. The Morgan fingerprint density at radius 1 is 1.12 bits per heavy atom. The molecule has 0 amide bonds. The zero-order valence-corrected chi connectivity index (χ0v) is 19.2. The molecule has 0 saturated heterocycles. The van der Waals surface area contributed by atoms with Crippen molar-refractivity contribution in [3.8, 4) is 22.6 Å². The standard InChI is InChI=1S/C22H23F3N6O3/c1-11-8-17(26-12(2)9-18-28-21(30-34-18)22(23,24)25)31-20(27-11)19(13(3)29-31)15-7-6-14(32-4)10-16(15)33-5/h6-8,10,12,26H,9H2,1-5H3/t12-/m0/s1. The van der Waals surface area contributed by atoms with Gasteiger partial charge in [0.05, 0.1) is 25.5 Å². The third-order valence-corrected chi connectivity index (χ3v) is 5.17. The number of halogens is 3. The van der Waals surface area contributed by atoms with Crippen LogP contribution in [0.2, 0.25) is 0 Å². The second-order valence-electron chi connectivity index (χ2n) is 7.80. The number of ether oxygens (including phenoxy) is 2. The van der Waals surface area contributed by atoms with E-state index in [0.29, 0.717) is 23.0 Å². The summed E-state index contributed by atoms with van der Waals surface area (Å²) in [5.74, 6) is 0.477. The highest BCUT2D eigenvalue weighted by Crippen LogP contribution is 2.37. The van der Waals surface area contributed by atoms with Crippen molar-refractivity contribution in [1.29, 1.82) is 0 Å². The van der Waals surface area contributed by atoms with E-state index in [9.17, 15) is 13.2 Å². The number of nitrogens with zero attached hydrogens (tertiary/aromatic N) is 5. The Kier molecular flexibility index (Phi) is 6.07. The minimum absolute atomic E-state index is 0.0886. The summed E-state index contributed by atoms with van der Waals surface area (Å²) in [6.07, 6.45) is -4.57. The van der Waals surface area contributed by atoms with Crippen LogP contribution in [0.1, 0.15) is 30.0 Å². The summed E-state index contributed by atoms with van der Waals surface area (Å²) in [4.78, 5) is 8.11. The highest BCUT2D eigenvalue weighted by molar-refractivity contribution is 5.85. The molecule has 0 bridgehead atoms. The molecule has 3 heterocycles. The molecule has 9 nitrogen and oxygen atoms in total. The maximum absolute atomic E-state index is 12.7. The van der Waals surface area contributed by atoms with Gasteiger partial charge in [-0.15, -0.1) is 0 Å². The molecular weight excluding hydrogens is 453 g/mol. The van der Waals surface area contributed by atoms with E-state index in [0.717, 1.165) is 22.5 Å². The number of hydrogen-bond acceptors (Lipinski definition) is 8. The van der Waals surface area contributed by atoms with Crippen LogP contribution in [0.5, 0.6) is 11.5 Å². The second kappa shape index (κ2) is 8.84. The normalized spacial score (nSPS) is 12.7. The highest BCUT2D eigenvalue weighted by atomic mass is 19.4. The van der Waals surface area contributed by atoms with E-state index >= 15 is 0 Å². The Labute approximate surface area is 192 Å².